The Kier molecular flexibility index (Phi) is 7.55. The van der Waals surface area contributed by atoms with Crippen LogP contribution in [0.4, 0.5) is 13.2 Å². The number of ether oxygens (including phenoxy) is 1. The molecule has 0 bridgehead atoms. The lowest BCUT2D eigenvalue weighted by atomic mass is 9.87. The number of alkyl halides is 1. The predicted octanol–water partition coefficient (Wildman–Crippen LogP) is 6.79. The van der Waals surface area contributed by atoms with Crippen molar-refractivity contribution in [2.24, 2.45) is 0 Å². The Morgan fingerprint density at radius 1 is 1.03 bits per heavy atom. The number of likely N-dealkylation sites (tertiary alicyclic amines) is 1. The van der Waals surface area contributed by atoms with Gasteiger partial charge in [0.1, 0.15) is 29.7 Å². The van der Waals surface area contributed by atoms with Crippen molar-refractivity contribution in [1.82, 2.24) is 14.8 Å². The lowest BCUT2D eigenvalue weighted by molar-refractivity contribution is 0.0642. The van der Waals surface area contributed by atoms with Crippen LogP contribution in [0.15, 0.2) is 36.4 Å². The van der Waals surface area contributed by atoms with E-state index in [1.54, 1.807) is 0 Å². The molecule has 3 aromatic rings. The quantitative estimate of drug-likeness (QED) is 0.378. The van der Waals surface area contributed by atoms with E-state index in [2.05, 4.69) is 9.88 Å². The van der Waals surface area contributed by atoms with Crippen molar-refractivity contribution < 1.29 is 17.9 Å². The van der Waals surface area contributed by atoms with Gasteiger partial charge in [-0.15, -0.1) is 0 Å². The number of nitrogens with one attached hydrogen (secondary N) is 1. The van der Waals surface area contributed by atoms with Crippen LogP contribution in [0.1, 0.15) is 69.3 Å². The van der Waals surface area contributed by atoms with E-state index in [1.807, 2.05) is 36.1 Å². The fraction of sp³-hybridized carbons (Fsp3) is 0.533. The van der Waals surface area contributed by atoms with E-state index in [4.69, 9.17) is 4.74 Å². The molecule has 200 valence electrons. The van der Waals surface area contributed by atoms with Gasteiger partial charge in [0.2, 0.25) is 0 Å². The van der Waals surface area contributed by atoms with Crippen LogP contribution in [0.3, 0.4) is 0 Å². The number of aromatic nitrogens is 1. The Hall–Kier alpha value is -2.51. The first-order chi connectivity index (χ1) is 17.7. The first-order valence-electron chi connectivity index (χ1n) is 13.6. The second-order valence-electron chi connectivity index (χ2n) is 11.3. The molecule has 0 spiro atoms. The van der Waals surface area contributed by atoms with E-state index in [1.165, 1.54) is 51.7 Å². The largest absolute Gasteiger partial charge is 0.492 e. The molecule has 1 saturated heterocycles. The van der Waals surface area contributed by atoms with Crippen molar-refractivity contribution in [3.05, 3.63) is 64.9 Å². The molecule has 4 nitrogen and oxygen atoms in total. The van der Waals surface area contributed by atoms with Crippen molar-refractivity contribution >= 4 is 10.9 Å². The van der Waals surface area contributed by atoms with Gasteiger partial charge in [-0.2, -0.15) is 0 Å². The Morgan fingerprint density at radius 2 is 1.70 bits per heavy atom. The number of rotatable bonds is 7. The van der Waals surface area contributed by atoms with Crippen LogP contribution in [0, 0.1) is 11.6 Å². The topological polar surface area (TPSA) is 31.5 Å². The van der Waals surface area contributed by atoms with Crippen LogP contribution in [0.2, 0.25) is 0 Å². The number of hydrogen-bond acceptors (Lipinski definition) is 3. The lowest BCUT2D eigenvalue weighted by Crippen LogP contribution is -2.48. The standard InChI is InChI=1S/C30H38F3N3O/c1-20-16-23-22-10-6-7-11-26(22)34-28(23)29(36(20)19-30(2,3)33)27-24(31)17-21(18-25(27)32)37-15-14-35-12-8-4-5-9-13-35/h6-7,10-11,17-18,20,29,34H,4-5,8-9,12-16,19H2,1-3H3/t20-,29-/m1/s1. The molecule has 2 atom stereocenters. The Labute approximate surface area is 217 Å². The summed E-state index contributed by atoms with van der Waals surface area (Å²) in [6.45, 7) is 8.27. The Bertz CT molecular complexity index is 1200. The molecule has 2 aromatic carbocycles. The molecule has 0 amide bonds. The fourth-order valence-electron chi connectivity index (χ4n) is 6.06. The molecule has 2 aliphatic rings. The summed E-state index contributed by atoms with van der Waals surface area (Å²) in [6, 6.07) is 9.57. The predicted molar refractivity (Wildman–Crippen MR) is 142 cm³/mol. The normalized spacial score (nSPS) is 21.7. The molecule has 2 aliphatic heterocycles. The van der Waals surface area contributed by atoms with Gasteiger partial charge in [0.05, 0.1) is 6.04 Å². The summed E-state index contributed by atoms with van der Waals surface area (Å²) >= 11 is 0. The molecule has 3 heterocycles. The number of halogens is 3. The molecule has 7 heteroatoms. The molecule has 1 fully saturated rings. The van der Waals surface area contributed by atoms with Gasteiger partial charge < -0.3 is 9.72 Å². The van der Waals surface area contributed by atoms with Crippen LogP contribution >= 0.6 is 0 Å². The maximum atomic E-state index is 15.7. The molecule has 0 saturated carbocycles. The van der Waals surface area contributed by atoms with Crippen LogP contribution < -0.4 is 4.74 Å². The van der Waals surface area contributed by atoms with Gasteiger partial charge in [0.15, 0.2) is 0 Å². The molecular formula is C30H38F3N3O. The van der Waals surface area contributed by atoms with E-state index >= 15 is 8.78 Å². The van der Waals surface area contributed by atoms with Gasteiger partial charge in [-0.25, -0.2) is 13.2 Å². The van der Waals surface area contributed by atoms with E-state index in [9.17, 15) is 4.39 Å². The summed E-state index contributed by atoms with van der Waals surface area (Å²) in [5.41, 5.74) is 1.09. The van der Waals surface area contributed by atoms with Crippen molar-refractivity contribution in [2.45, 2.75) is 70.6 Å². The summed E-state index contributed by atoms with van der Waals surface area (Å²) in [6.07, 6.45) is 5.54. The first-order valence-corrected chi connectivity index (χ1v) is 13.6. The zero-order valence-electron chi connectivity index (χ0n) is 22.1. The summed E-state index contributed by atoms with van der Waals surface area (Å²) in [4.78, 5) is 7.65. The van der Waals surface area contributed by atoms with Crippen LogP contribution in [-0.4, -0.2) is 59.3 Å². The van der Waals surface area contributed by atoms with Gasteiger partial charge in [0, 0.05) is 53.4 Å². The van der Waals surface area contributed by atoms with Gasteiger partial charge in [-0.05, 0) is 64.8 Å². The summed E-state index contributed by atoms with van der Waals surface area (Å²) in [5.74, 6) is -1.16. The molecule has 5 rings (SSSR count). The molecule has 0 aliphatic carbocycles. The summed E-state index contributed by atoms with van der Waals surface area (Å²) in [7, 11) is 0. The van der Waals surface area contributed by atoms with E-state index < -0.39 is 23.3 Å². The fourth-order valence-corrected chi connectivity index (χ4v) is 6.06. The monoisotopic (exact) mass is 513 g/mol. The third-order valence-electron chi connectivity index (χ3n) is 7.78. The van der Waals surface area contributed by atoms with Crippen LogP contribution in [-0.2, 0) is 6.42 Å². The van der Waals surface area contributed by atoms with Crippen molar-refractivity contribution in [3.63, 3.8) is 0 Å². The van der Waals surface area contributed by atoms with Crippen LogP contribution in [0.25, 0.3) is 10.9 Å². The number of hydrogen-bond donors (Lipinski definition) is 1. The molecule has 0 radical (unpaired) electrons. The Balaban J connectivity index is 1.46. The maximum Gasteiger partial charge on any atom is 0.135 e. The minimum atomic E-state index is -1.53. The SMILES string of the molecule is C[C@@H]1Cc2c([nH]c3ccccc23)[C@@H](c2c(F)cc(OCCN3CCCCCC3)cc2F)N1CC(C)(C)F. The molecule has 1 aromatic heterocycles. The van der Waals surface area contributed by atoms with Gasteiger partial charge in [-0.3, -0.25) is 9.80 Å². The summed E-state index contributed by atoms with van der Waals surface area (Å²) < 4.78 is 52.2. The van der Waals surface area contributed by atoms with E-state index in [0.29, 0.717) is 13.0 Å². The highest BCUT2D eigenvalue weighted by molar-refractivity contribution is 5.85. The highest BCUT2D eigenvalue weighted by Crippen LogP contribution is 2.43. The smallest absolute Gasteiger partial charge is 0.135 e. The van der Waals surface area contributed by atoms with E-state index in [-0.39, 0.29) is 23.9 Å². The second kappa shape index (κ2) is 10.7. The molecule has 1 N–H and O–H groups in total. The minimum absolute atomic E-state index is 0.0562. The minimum Gasteiger partial charge on any atom is -0.492 e. The second-order valence-corrected chi connectivity index (χ2v) is 11.3. The zero-order valence-corrected chi connectivity index (χ0v) is 22.1. The number of fused-ring (bicyclic) bond motifs is 3. The zero-order chi connectivity index (χ0) is 26.2. The first kappa shape index (κ1) is 26.1. The van der Waals surface area contributed by atoms with E-state index in [0.717, 1.165) is 41.8 Å². The average Bonchev–Trinajstić information content (AvgIpc) is 2.99. The van der Waals surface area contributed by atoms with Gasteiger partial charge >= 0.3 is 0 Å². The van der Waals surface area contributed by atoms with Gasteiger partial charge in [-0.1, -0.05) is 31.0 Å². The van der Waals surface area contributed by atoms with Crippen molar-refractivity contribution in [1.29, 1.82) is 0 Å². The highest BCUT2D eigenvalue weighted by Gasteiger charge is 2.41. The Morgan fingerprint density at radius 3 is 2.38 bits per heavy atom. The van der Waals surface area contributed by atoms with Crippen molar-refractivity contribution in [3.8, 4) is 5.75 Å². The third-order valence-corrected chi connectivity index (χ3v) is 7.78. The number of aromatic amines is 1. The van der Waals surface area contributed by atoms with Crippen LogP contribution in [0.5, 0.6) is 5.75 Å². The van der Waals surface area contributed by atoms with Crippen molar-refractivity contribution in [2.75, 3.05) is 32.8 Å². The number of H-pyrrole nitrogens is 1. The number of nitrogens with zero attached hydrogens (tertiary/aromatic N) is 2. The van der Waals surface area contributed by atoms with Gasteiger partial charge in [0.25, 0.3) is 0 Å². The molecule has 0 unspecified atom stereocenters. The maximum absolute atomic E-state index is 15.7. The number of benzene rings is 2. The molecular weight excluding hydrogens is 475 g/mol. The highest BCUT2D eigenvalue weighted by atomic mass is 19.1. The number of para-hydroxylation sites is 1. The summed E-state index contributed by atoms with van der Waals surface area (Å²) in [5, 5.41) is 1.04. The lowest BCUT2D eigenvalue weighted by Gasteiger charge is -2.43. The molecule has 37 heavy (non-hydrogen) atoms. The third kappa shape index (κ3) is 5.68. The average molecular weight is 514 g/mol.